The highest BCUT2D eigenvalue weighted by molar-refractivity contribution is 6.30. The maximum atomic E-state index is 5.84. The van der Waals surface area contributed by atoms with E-state index in [9.17, 15) is 0 Å². The molecule has 1 nitrogen and oxygen atoms in total. The minimum atomic E-state index is 0.767. The van der Waals surface area contributed by atoms with Crippen molar-refractivity contribution in [3.05, 3.63) is 34.3 Å². The van der Waals surface area contributed by atoms with Gasteiger partial charge in [0.25, 0.3) is 0 Å². The fraction of sp³-hybridized carbons (Fsp3) is 0.333. The zero-order chi connectivity index (χ0) is 8.97. The second kappa shape index (κ2) is 4.70. The largest absolute Gasteiger partial charge is 0.233 e. The molecule has 0 aliphatic carbocycles. The van der Waals surface area contributed by atoms with Gasteiger partial charge in [0.2, 0.25) is 0 Å². The van der Waals surface area contributed by atoms with Crippen LogP contribution in [0.3, 0.4) is 0 Å². The van der Waals surface area contributed by atoms with Crippen molar-refractivity contribution in [1.82, 2.24) is 4.84 Å². The van der Waals surface area contributed by atoms with Gasteiger partial charge in [0, 0.05) is 11.6 Å². The number of halogens is 2. The predicted molar refractivity (Wildman–Crippen MR) is 53.7 cm³/mol. The van der Waals surface area contributed by atoms with Crippen LogP contribution in [0.2, 0.25) is 5.02 Å². The van der Waals surface area contributed by atoms with Crippen LogP contribution in [0.25, 0.3) is 0 Å². The van der Waals surface area contributed by atoms with Crippen LogP contribution in [-0.4, -0.2) is 6.54 Å². The van der Waals surface area contributed by atoms with E-state index in [-0.39, 0.29) is 0 Å². The highest BCUT2D eigenvalue weighted by Gasteiger charge is 1.98. The van der Waals surface area contributed by atoms with Crippen LogP contribution in [0.4, 0.5) is 0 Å². The summed E-state index contributed by atoms with van der Waals surface area (Å²) in [6.07, 6.45) is 0.913. The number of hydrogen-bond acceptors (Lipinski definition) is 1. The maximum absolute atomic E-state index is 5.84. The monoisotopic (exact) mass is 203 g/mol. The van der Waals surface area contributed by atoms with Crippen molar-refractivity contribution in [2.75, 3.05) is 6.54 Å². The van der Waals surface area contributed by atoms with Crippen molar-refractivity contribution < 1.29 is 0 Å². The van der Waals surface area contributed by atoms with E-state index in [2.05, 4.69) is 11.8 Å². The van der Waals surface area contributed by atoms with Gasteiger partial charge in [-0.05, 0) is 48.4 Å². The summed E-state index contributed by atoms with van der Waals surface area (Å²) < 4.78 is 0. The Morgan fingerprint density at radius 2 is 2.17 bits per heavy atom. The summed E-state index contributed by atoms with van der Waals surface area (Å²) in [6.45, 7) is 2.84. The van der Waals surface area contributed by atoms with Crippen molar-refractivity contribution in [3.63, 3.8) is 0 Å². The summed E-state index contributed by atoms with van der Waals surface area (Å²) in [5.74, 6) is 0. The summed E-state index contributed by atoms with van der Waals surface area (Å²) in [4.78, 5) is 2.59. The lowest BCUT2D eigenvalue weighted by Crippen LogP contribution is -2.05. The average molecular weight is 204 g/mol. The topological polar surface area (TPSA) is 12.0 Å². The van der Waals surface area contributed by atoms with E-state index in [1.54, 1.807) is 0 Å². The summed E-state index contributed by atoms with van der Waals surface area (Å²) >= 11 is 11.2. The Morgan fingerprint density at radius 1 is 1.42 bits per heavy atom. The normalized spacial score (nSPS) is 10.2. The molecule has 0 fully saturated rings. The number of aryl methyl sites for hydroxylation is 1. The first-order valence-corrected chi connectivity index (χ1v) is 4.58. The third kappa shape index (κ3) is 2.67. The molecule has 0 aliphatic heterocycles. The summed E-state index contributed by atoms with van der Waals surface area (Å²) in [7, 11) is 0. The molecule has 0 aliphatic rings. The maximum Gasteiger partial charge on any atom is 0.0408 e. The van der Waals surface area contributed by atoms with E-state index < -0.39 is 0 Å². The minimum absolute atomic E-state index is 0.767. The van der Waals surface area contributed by atoms with E-state index in [0.717, 1.165) is 18.0 Å². The SMILES string of the molecule is Cc1ccc(Cl)cc1CCNCl. The molecule has 0 amide bonds. The molecule has 1 rings (SSSR count). The molecule has 0 heterocycles. The number of benzene rings is 1. The van der Waals surface area contributed by atoms with E-state index in [4.69, 9.17) is 23.4 Å². The van der Waals surface area contributed by atoms with Crippen molar-refractivity contribution in [3.8, 4) is 0 Å². The molecule has 12 heavy (non-hydrogen) atoms. The van der Waals surface area contributed by atoms with Crippen molar-refractivity contribution in [1.29, 1.82) is 0 Å². The lowest BCUT2D eigenvalue weighted by atomic mass is 10.1. The first kappa shape index (κ1) is 9.85. The van der Waals surface area contributed by atoms with Crippen LogP contribution in [0.5, 0.6) is 0 Å². The van der Waals surface area contributed by atoms with Crippen LogP contribution in [-0.2, 0) is 6.42 Å². The minimum Gasteiger partial charge on any atom is -0.233 e. The van der Waals surface area contributed by atoms with E-state index >= 15 is 0 Å². The fourth-order valence-electron chi connectivity index (χ4n) is 1.09. The molecule has 0 aromatic heterocycles. The summed E-state index contributed by atoms with van der Waals surface area (Å²) in [5.41, 5.74) is 2.50. The van der Waals surface area contributed by atoms with E-state index in [1.807, 2.05) is 18.2 Å². The summed E-state index contributed by atoms with van der Waals surface area (Å²) in [5, 5.41) is 0.783. The highest BCUT2D eigenvalue weighted by atomic mass is 35.5. The third-order valence-electron chi connectivity index (χ3n) is 1.80. The molecule has 1 aromatic rings. The molecule has 0 unspecified atom stereocenters. The Morgan fingerprint density at radius 3 is 2.83 bits per heavy atom. The van der Waals surface area contributed by atoms with Gasteiger partial charge in [-0.25, -0.2) is 4.84 Å². The van der Waals surface area contributed by atoms with Crippen molar-refractivity contribution >= 4 is 23.4 Å². The molecular formula is C9H11Cl2N. The van der Waals surface area contributed by atoms with Crippen LogP contribution in [0.1, 0.15) is 11.1 Å². The Kier molecular flexibility index (Phi) is 3.86. The molecule has 0 saturated carbocycles. The first-order valence-electron chi connectivity index (χ1n) is 3.82. The van der Waals surface area contributed by atoms with Gasteiger partial charge < -0.3 is 0 Å². The molecule has 0 radical (unpaired) electrons. The van der Waals surface area contributed by atoms with Gasteiger partial charge in [-0.15, -0.1) is 0 Å². The highest BCUT2D eigenvalue weighted by Crippen LogP contribution is 2.15. The smallest absolute Gasteiger partial charge is 0.0408 e. The molecule has 1 aromatic carbocycles. The average Bonchev–Trinajstić information content (AvgIpc) is 2.07. The molecule has 0 saturated heterocycles. The van der Waals surface area contributed by atoms with Crippen LogP contribution in [0.15, 0.2) is 18.2 Å². The quantitative estimate of drug-likeness (QED) is 0.746. The van der Waals surface area contributed by atoms with Gasteiger partial charge in [-0.3, -0.25) is 0 Å². The number of hydrogen-bond donors (Lipinski definition) is 1. The zero-order valence-corrected chi connectivity index (χ0v) is 8.41. The molecule has 66 valence electrons. The molecular weight excluding hydrogens is 193 g/mol. The van der Waals surface area contributed by atoms with Gasteiger partial charge in [-0.2, -0.15) is 0 Å². The molecule has 0 atom stereocenters. The first-order chi connectivity index (χ1) is 5.74. The number of rotatable bonds is 3. The molecule has 0 spiro atoms. The molecule has 3 heteroatoms. The zero-order valence-electron chi connectivity index (χ0n) is 6.90. The Balaban J connectivity index is 2.75. The van der Waals surface area contributed by atoms with Gasteiger partial charge >= 0.3 is 0 Å². The Hall–Kier alpha value is -0.240. The van der Waals surface area contributed by atoms with Crippen LogP contribution in [0, 0.1) is 6.92 Å². The van der Waals surface area contributed by atoms with Crippen molar-refractivity contribution in [2.45, 2.75) is 13.3 Å². The lowest BCUT2D eigenvalue weighted by Gasteiger charge is -2.04. The molecule has 1 N–H and O–H groups in total. The third-order valence-corrected chi connectivity index (χ3v) is 2.22. The van der Waals surface area contributed by atoms with Gasteiger partial charge in [0.05, 0.1) is 0 Å². The van der Waals surface area contributed by atoms with Gasteiger partial charge in [0.15, 0.2) is 0 Å². The second-order valence-corrected chi connectivity index (χ2v) is 3.41. The Bertz CT molecular complexity index is 261. The van der Waals surface area contributed by atoms with Crippen LogP contribution < -0.4 is 4.84 Å². The van der Waals surface area contributed by atoms with Crippen molar-refractivity contribution in [2.24, 2.45) is 0 Å². The number of nitrogens with one attached hydrogen (secondary N) is 1. The predicted octanol–water partition coefficient (Wildman–Crippen LogP) is 2.93. The van der Waals surface area contributed by atoms with E-state index in [0.29, 0.717) is 0 Å². The summed E-state index contributed by atoms with van der Waals surface area (Å²) in [6, 6.07) is 5.89. The Labute approximate surface area is 82.8 Å². The van der Waals surface area contributed by atoms with Gasteiger partial charge in [-0.1, -0.05) is 17.7 Å². The molecule has 0 bridgehead atoms. The van der Waals surface area contributed by atoms with E-state index in [1.165, 1.54) is 11.1 Å². The lowest BCUT2D eigenvalue weighted by molar-refractivity contribution is 0.892. The fourth-order valence-corrected chi connectivity index (χ4v) is 1.38. The second-order valence-electron chi connectivity index (χ2n) is 2.70. The van der Waals surface area contributed by atoms with Gasteiger partial charge in [0.1, 0.15) is 0 Å². The standard InChI is InChI=1S/C9H11Cl2N/c1-7-2-3-9(10)6-8(7)4-5-12-11/h2-3,6,12H,4-5H2,1H3. The van der Waals surface area contributed by atoms with Crippen LogP contribution >= 0.6 is 23.4 Å².